The van der Waals surface area contributed by atoms with Gasteiger partial charge in [0.1, 0.15) is 0 Å². The van der Waals surface area contributed by atoms with Crippen molar-refractivity contribution >= 4 is 48.5 Å². The van der Waals surface area contributed by atoms with Gasteiger partial charge in [0.2, 0.25) is 0 Å². The maximum Gasteiger partial charge on any atom is -1.00 e. The van der Waals surface area contributed by atoms with Crippen LogP contribution in [0.1, 0.15) is 89.2 Å². The van der Waals surface area contributed by atoms with Gasteiger partial charge in [-0.2, -0.15) is 12.1 Å². The summed E-state index contributed by atoms with van der Waals surface area (Å²) < 4.78 is 0. The Labute approximate surface area is 387 Å². The van der Waals surface area contributed by atoms with Crippen LogP contribution >= 0.6 is 0 Å². The van der Waals surface area contributed by atoms with Crippen LogP contribution in [0, 0.1) is 10.8 Å². The average molecular weight is 923 g/mol. The van der Waals surface area contributed by atoms with Crippen LogP contribution in [0.2, 0.25) is 13.1 Å². The fourth-order valence-corrected chi connectivity index (χ4v) is 10.2. The molecule has 308 valence electrons. The van der Waals surface area contributed by atoms with Gasteiger partial charge < -0.3 is 24.8 Å². The summed E-state index contributed by atoms with van der Waals surface area (Å²) in [6, 6.07) is 54.2. The van der Waals surface area contributed by atoms with Crippen LogP contribution in [-0.2, 0) is 36.2 Å². The summed E-state index contributed by atoms with van der Waals surface area (Å²) in [4.78, 5) is 0. The van der Waals surface area contributed by atoms with Crippen molar-refractivity contribution in [2.75, 3.05) is 0 Å². The van der Waals surface area contributed by atoms with Crippen molar-refractivity contribution < 1.29 is 48.1 Å². The zero-order valence-corrected chi connectivity index (χ0v) is 41.1. The van der Waals surface area contributed by atoms with E-state index >= 15 is 0 Å². The van der Waals surface area contributed by atoms with Crippen LogP contribution in [0.3, 0.4) is 0 Å². The van der Waals surface area contributed by atoms with Crippen molar-refractivity contribution in [3.63, 3.8) is 0 Å². The fraction of sp³-hybridized carbons (Fsp3) is 0.321. The van der Waals surface area contributed by atoms with Gasteiger partial charge in [-0.25, -0.2) is 0 Å². The van der Waals surface area contributed by atoms with E-state index in [9.17, 15) is 0 Å². The van der Waals surface area contributed by atoms with Gasteiger partial charge >= 0.3 is 41.9 Å². The number of hydrogen-bond acceptors (Lipinski definition) is 0. The minimum atomic E-state index is 0. The standard InChI is InChI=1S/2C27H27.C2H6Si.2ClH.Zr/c2*1-27(14-5-2-6-15-27)19-20-16-23-10-7-11-25(26(23)17-20)24-13-12-21-8-3-4-9-22(21)18-24;1-3-2;;;/h2*3-4,7-13,16-18H,2,5-6,14-15,19H2,1H3;1-2H3;2*1H;/q2*-1;;;;+2/p-2. The SMILES string of the molecule is CC1(Cc2cc3c(-c4ccc5ccccc5c4)cccc3[cH-]2)CCCCC1.CC1(Cc2cc3c(-c4ccc5ccccc5c4)cccc3[cH-]2)CCCCC1.C[Si](C)=[Zr+2].[Cl-].[Cl-]. The molecule has 0 spiro atoms. The molecule has 0 unspecified atom stereocenters. The third-order valence-electron chi connectivity index (χ3n) is 13.1. The molecule has 0 radical (unpaired) electrons. The molecule has 0 aliphatic heterocycles. The monoisotopic (exact) mass is 920 g/mol. The van der Waals surface area contributed by atoms with Crippen molar-refractivity contribution in [3.8, 4) is 22.3 Å². The van der Waals surface area contributed by atoms with E-state index in [0.29, 0.717) is 10.8 Å². The molecule has 0 bridgehead atoms. The second-order valence-electron chi connectivity index (χ2n) is 18.6. The first kappa shape index (κ1) is 46.2. The van der Waals surface area contributed by atoms with Crippen LogP contribution < -0.4 is 24.8 Å². The summed E-state index contributed by atoms with van der Waals surface area (Å²) in [7, 11) is 0. The number of hydrogen-bond donors (Lipinski definition) is 0. The molecular weight excluding hydrogens is 863 g/mol. The van der Waals surface area contributed by atoms with E-state index in [1.54, 1.807) is 23.3 Å². The van der Waals surface area contributed by atoms with Crippen molar-refractivity contribution in [2.24, 2.45) is 10.8 Å². The Morgan fingerprint density at radius 2 is 0.833 bits per heavy atom. The van der Waals surface area contributed by atoms with Gasteiger partial charge in [-0.05, 0) is 94.2 Å². The van der Waals surface area contributed by atoms with Gasteiger partial charge in [-0.1, -0.05) is 148 Å². The van der Waals surface area contributed by atoms with E-state index in [4.69, 9.17) is 0 Å². The Morgan fingerprint density at radius 3 is 1.22 bits per heavy atom. The molecule has 2 saturated carbocycles. The van der Waals surface area contributed by atoms with Crippen molar-refractivity contribution in [2.45, 2.75) is 104 Å². The summed E-state index contributed by atoms with van der Waals surface area (Å²) in [6.07, 6.45) is 16.4. The summed E-state index contributed by atoms with van der Waals surface area (Å²) in [5.41, 5.74) is 9.59. The zero-order valence-electron chi connectivity index (χ0n) is 36.1. The van der Waals surface area contributed by atoms with Crippen molar-refractivity contribution in [1.29, 1.82) is 0 Å². The van der Waals surface area contributed by atoms with Crippen molar-refractivity contribution in [3.05, 3.63) is 157 Å². The Bertz CT molecular complexity index is 2480. The smallest absolute Gasteiger partial charge is 1.00 e. The minimum absolute atomic E-state index is 0. The minimum Gasteiger partial charge on any atom is -1.00 e. The van der Waals surface area contributed by atoms with E-state index < -0.39 is 0 Å². The summed E-state index contributed by atoms with van der Waals surface area (Å²) in [6.45, 7) is 9.61. The molecule has 8 aromatic rings. The quantitative estimate of drug-likeness (QED) is 0.115. The first-order valence-electron chi connectivity index (χ1n) is 22.0. The van der Waals surface area contributed by atoms with E-state index in [1.165, 1.54) is 154 Å². The first-order chi connectivity index (χ1) is 28.1. The molecule has 10 rings (SSSR count). The Kier molecular flexibility index (Phi) is 16.0. The zero-order chi connectivity index (χ0) is 40.1. The van der Waals surface area contributed by atoms with Gasteiger partial charge in [0.15, 0.2) is 0 Å². The Hall–Kier alpha value is -3.26. The van der Waals surface area contributed by atoms with Gasteiger partial charge in [0.05, 0.1) is 0 Å². The average Bonchev–Trinajstić information content (AvgIpc) is 3.83. The molecule has 2 fully saturated rings. The van der Waals surface area contributed by atoms with E-state index in [-0.39, 0.29) is 30.2 Å². The largest absolute Gasteiger partial charge is 1.00 e. The normalized spacial score (nSPS) is 15.6. The van der Waals surface area contributed by atoms with Crippen LogP contribution in [0.25, 0.3) is 65.3 Å². The summed E-state index contributed by atoms with van der Waals surface area (Å²) >= 11 is 1.74. The Morgan fingerprint density at radius 1 is 0.467 bits per heavy atom. The maximum atomic E-state index is 2.49. The first-order valence-corrected chi connectivity index (χ1v) is 28.2. The van der Waals surface area contributed by atoms with Crippen LogP contribution in [-0.4, -0.2) is 5.43 Å². The topological polar surface area (TPSA) is 0 Å². The molecule has 0 N–H and O–H groups in total. The predicted molar refractivity (Wildman–Crippen MR) is 252 cm³/mol. The van der Waals surface area contributed by atoms with E-state index in [0.717, 1.165) is 0 Å². The van der Waals surface area contributed by atoms with Gasteiger partial charge in [0, 0.05) is 0 Å². The number of benzene rings is 6. The van der Waals surface area contributed by atoms with Gasteiger partial charge in [-0.3, -0.25) is 0 Å². The molecule has 0 aromatic heterocycles. The number of rotatable bonds is 6. The molecule has 60 heavy (non-hydrogen) atoms. The molecule has 0 nitrogen and oxygen atoms in total. The van der Waals surface area contributed by atoms with Crippen LogP contribution in [0.15, 0.2) is 146 Å². The second kappa shape index (κ2) is 20.7. The van der Waals surface area contributed by atoms with E-state index in [2.05, 4.69) is 173 Å². The number of halogens is 2. The molecule has 8 aromatic carbocycles. The van der Waals surface area contributed by atoms with E-state index in [1.807, 2.05) is 0 Å². The van der Waals surface area contributed by atoms with Crippen LogP contribution in [0.4, 0.5) is 0 Å². The third kappa shape index (κ3) is 11.2. The number of fused-ring (bicyclic) bond motifs is 4. The fourth-order valence-electron chi connectivity index (χ4n) is 10.2. The molecule has 0 heterocycles. The molecule has 4 heteroatoms. The molecule has 2 aliphatic carbocycles. The molecule has 0 saturated heterocycles. The predicted octanol–water partition coefficient (Wildman–Crippen LogP) is 10.6. The molecule has 0 atom stereocenters. The molecule has 0 amide bonds. The molecule has 2 aliphatic rings. The third-order valence-corrected chi connectivity index (χ3v) is 13.1. The summed E-state index contributed by atoms with van der Waals surface area (Å²) in [5.74, 6) is 0. The maximum absolute atomic E-state index is 2.49. The summed E-state index contributed by atoms with van der Waals surface area (Å²) in [5, 5.41) is 10.8. The van der Waals surface area contributed by atoms with Gasteiger partial charge in [-0.15, -0.1) is 69.1 Å². The Balaban J connectivity index is 0.000000179. The van der Waals surface area contributed by atoms with Crippen LogP contribution in [0.5, 0.6) is 0 Å². The second-order valence-corrected chi connectivity index (χ2v) is 27.9. The van der Waals surface area contributed by atoms with Crippen molar-refractivity contribution in [1.82, 2.24) is 0 Å². The molecular formula is C56H60Cl2SiZr-2. The van der Waals surface area contributed by atoms with Gasteiger partial charge in [0.25, 0.3) is 0 Å².